The molecular weight excluding hydrogens is 358 g/mol. The van der Waals surface area contributed by atoms with Crippen LogP contribution in [0.5, 0.6) is 17.2 Å². The van der Waals surface area contributed by atoms with E-state index in [1.54, 1.807) is 18.3 Å². The lowest BCUT2D eigenvalue weighted by atomic mass is 10.2. The number of methoxy groups -OCH3 is 2. The van der Waals surface area contributed by atoms with Crippen LogP contribution in [0, 0.1) is 0 Å². The minimum absolute atomic E-state index is 0.195. The summed E-state index contributed by atoms with van der Waals surface area (Å²) < 4.78 is 21.2. The summed E-state index contributed by atoms with van der Waals surface area (Å²) in [6.45, 7) is 2.76. The summed E-state index contributed by atoms with van der Waals surface area (Å²) in [5.41, 5.74) is 3.43. The Kier molecular flexibility index (Phi) is 7.61. The quantitative estimate of drug-likeness (QED) is 0.242. The van der Waals surface area contributed by atoms with Gasteiger partial charge >= 0.3 is 5.97 Å². The Morgan fingerprint density at radius 3 is 2.62 bits per heavy atom. The van der Waals surface area contributed by atoms with E-state index >= 15 is 0 Å². The summed E-state index contributed by atoms with van der Waals surface area (Å²) in [4.78, 5) is 11.2. The highest BCUT2D eigenvalue weighted by Gasteiger charge is 2.16. The number of hydrogen-bond donors (Lipinski definition) is 2. The maximum atomic E-state index is 11.2. The molecule has 1 saturated heterocycles. The smallest absolute Gasteiger partial charge is 0.308 e. The number of thiocarbonyl (C=S) groups is 1. The molecule has 0 bridgehead atoms. The van der Waals surface area contributed by atoms with Gasteiger partial charge in [-0.2, -0.15) is 5.10 Å². The van der Waals surface area contributed by atoms with Crippen molar-refractivity contribution in [1.29, 1.82) is 0 Å². The van der Waals surface area contributed by atoms with Crippen LogP contribution in [0.3, 0.4) is 0 Å². The Labute approximate surface area is 157 Å². The molecule has 1 aliphatic heterocycles. The second-order valence-electron chi connectivity index (χ2n) is 5.56. The van der Waals surface area contributed by atoms with Crippen molar-refractivity contribution in [3.63, 3.8) is 0 Å². The monoisotopic (exact) mass is 381 g/mol. The molecule has 142 valence electrons. The Balaban J connectivity index is 1.97. The van der Waals surface area contributed by atoms with Crippen LogP contribution in [0.4, 0.5) is 0 Å². The predicted molar refractivity (Wildman–Crippen MR) is 101 cm³/mol. The van der Waals surface area contributed by atoms with Crippen LogP contribution in [0.2, 0.25) is 0 Å². The lowest BCUT2D eigenvalue weighted by molar-refractivity contribution is -0.132. The lowest BCUT2D eigenvalue weighted by Crippen LogP contribution is -2.37. The number of nitrogens with one attached hydrogen (secondary N) is 2. The molecule has 0 saturated carbocycles. The van der Waals surface area contributed by atoms with Gasteiger partial charge in [-0.25, -0.2) is 0 Å². The van der Waals surface area contributed by atoms with Crippen LogP contribution in [0.1, 0.15) is 25.3 Å². The van der Waals surface area contributed by atoms with Gasteiger partial charge in [-0.15, -0.1) is 0 Å². The van der Waals surface area contributed by atoms with Crippen molar-refractivity contribution in [2.75, 3.05) is 27.4 Å². The molecule has 1 aliphatic rings. The molecule has 1 atom stereocenters. The number of ether oxygens (including phenoxy) is 4. The van der Waals surface area contributed by atoms with Crippen molar-refractivity contribution in [2.24, 2.45) is 5.10 Å². The summed E-state index contributed by atoms with van der Waals surface area (Å²) in [6.07, 6.45) is 3.87. The molecule has 0 aliphatic carbocycles. The zero-order valence-electron chi connectivity index (χ0n) is 15.0. The average Bonchev–Trinajstić information content (AvgIpc) is 3.14. The maximum absolute atomic E-state index is 11.2. The first-order valence-corrected chi connectivity index (χ1v) is 8.57. The minimum atomic E-state index is -0.465. The van der Waals surface area contributed by atoms with E-state index in [-0.39, 0.29) is 11.9 Å². The highest BCUT2D eigenvalue weighted by atomic mass is 32.1. The standard InChI is InChI=1S/C17H23N3O5S/c1-11(21)25-16-14(22-2)7-12(8-15(16)23-3)9-19-20-17(26)18-10-13-5-4-6-24-13/h7-9,13H,4-6,10H2,1-3H3,(H2,18,20,26). The van der Waals surface area contributed by atoms with Gasteiger partial charge in [0.15, 0.2) is 16.6 Å². The van der Waals surface area contributed by atoms with Crippen LogP contribution >= 0.6 is 12.2 Å². The van der Waals surface area contributed by atoms with Crippen molar-refractivity contribution < 1.29 is 23.7 Å². The van der Waals surface area contributed by atoms with Gasteiger partial charge in [0.25, 0.3) is 0 Å². The molecule has 1 unspecified atom stereocenters. The molecule has 0 spiro atoms. The molecule has 0 amide bonds. The second kappa shape index (κ2) is 9.93. The van der Waals surface area contributed by atoms with Crippen LogP contribution in [-0.4, -0.2) is 50.8 Å². The molecule has 2 rings (SSSR count). The normalized spacial score (nSPS) is 16.3. The molecule has 0 aromatic heterocycles. The number of benzene rings is 1. The lowest BCUT2D eigenvalue weighted by Gasteiger charge is -2.13. The highest BCUT2D eigenvalue weighted by molar-refractivity contribution is 7.80. The van der Waals surface area contributed by atoms with E-state index < -0.39 is 5.97 Å². The zero-order chi connectivity index (χ0) is 18.9. The summed E-state index contributed by atoms with van der Waals surface area (Å²) in [7, 11) is 2.95. The minimum Gasteiger partial charge on any atom is -0.493 e. The molecule has 1 heterocycles. The summed E-state index contributed by atoms with van der Waals surface area (Å²) in [5.74, 6) is 0.480. The molecule has 1 aromatic rings. The molecule has 9 heteroatoms. The Bertz CT molecular complexity index is 649. The van der Waals surface area contributed by atoms with E-state index in [1.807, 2.05) is 0 Å². The number of hydrazone groups is 1. The largest absolute Gasteiger partial charge is 0.493 e. The summed E-state index contributed by atoms with van der Waals surface area (Å²) in [5, 5.41) is 7.56. The van der Waals surface area contributed by atoms with Crippen molar-refractivity contribution in [3.8, 4) is 17.2 Å². The van der Waals surface area contributed by atoms with Gasteiger partial charge in [-0.3, -0.25) is 10.2 Å². The van der Waals surface area contributed by atoms with E-state index in [0.717, 1.165) is 19.4 Å². The number of carbonyl (C=O) groups is 1. The van der Waals surface area contributed by atoms with Crippen molar-refractivity contribution >= 4 is 29.5 Å². The van der Waals surface area contributed by atoms with E-state index in [2.05, 4.69) is 15.8 Å². The van der Waals surface area contributed by atoms with Crippen LogP contribution in [-0.2, 0) is 9.53 Å². The van der Waals surface area contributed by atoms with E-state index in [1.165, 1.54) is 21.1 Å². The van der Waals surface area contributed by atoms with Crippen LogP contribution in [0.25, 0.3) is 0 Å². The first-order valence-electron chi connectivity index (χ1n) is 8.16. The van der Waals surface area contributed by atoms with Crippen molar-refractivity contribution in [3.05, 3.63) is 17.7 Å². The number of nitrogens with zero attached hydrogens (tertiary/aromatic N) is 1. The number of esters is 1. The SMILES string of the molecule is COc1cc(C=NNC(=S)NCC2CCCO2)cc(OC)c1OC(C)=O. The van der Waals surface area contributed by atoms with Crippen LogP contribution < -0.4 is 25.0 Å². The van der Waals surface area contributed by atoms with Crippen molar-refractivity contribution in [2.45, 2.75) is 25.9 Å². The molecule has 2 N–H and O–H groups in total. The average molecular weight is 381 g/mol. The van der Waals surface area contributed by atoms with Gasteiger partial charge in [0.1, 0.15) is 0 Å². The predicted octanol–water partition coefficient (Wildman–Crippen LogP) is 1.61. The summed E-state index contributed by atoms with van der Waals surface area (Å²) >= 11 is 5.17. The molecule has 26 heavy (non-hydrogen) atoms. The Morgan fingerprint density at radius 1 is 1.38 bits per heavy atom. The third-order valence-corrected chi connectivity index (χ3v) is 3.86. The number of hydrogen-bond acceptors (Lipinski definition) is 7. The fraction of sp³-hybridized carbons (Fsp3) is 0.471. The Hall–Kier alpha value is -2.39. The van der Waals surface area contributed by atoms with E-state index in [0.29, 0.717) is 28.7 Å². The zero-order valence-corrected chi connectivity index (χ0v) is 15.9. The van der Waals surface area contributed by atoms with Gasteiger partial charge < -0.3 is 24.3 Å². The third kappa shape index (κ3) is 5.85. The van der Waals surface area contributed by atoms with Gasteiger partial charge in [0, 0.05) is 25.6 Å². The first-order chi connectivity index (χ1) is 12.5. The molecule has 1 fully saturated rings. The third-order valence-electron chi connectivity index (χ3n) is 3.62. The highest BCUT2D eigenvalue weighted by Crippen LogP contribution is 2.38. The van der Waals surface area contributed by atoms with Crippen LogP contribution in [0.15, 0.2) is 17.2 Å². The Morgan fingerprint density at radius 2 is 2.08 bits per heavy atom. The van der Waals surface area contributed by atoms with Gasteiger partial charge in [-0.1, -0.05) is 0 Å². The first kappa shape index (κ1) is 19.9. The fourth-order valence-corrected chi connectivity index (χ4v) is 2.57. The second-order valence-corrected chi connectivity index (χ2v) is 5.97. The fourth-order valence-electron chi connectivity index (χ4n) is 2.44. The maximum Gasteiger partial charge on any atom is 0.308 e. The van der Waals surface area contributed by atoms with E-state index in [4.69, 9.17) is 31.2 Å². The topological polar surface area (TPSA) is 90.4 Å². The molecular formula is C17H23N3O5S. The molecule has 0 radical (unpaired) electrons. The van der Waals surface area contributed by atoms with Gasteiger partial charge in [0.05, 0.1) is 26.5 Å². The summed E-state index contributed by atoms with van der Waals surface area (Å²) in [6, 6.07) is 3.35. The van der Waals surface area contributed by atoms with Crippen molar-refractivity contribution in [1.82, 2.24) is 10.7 Å². The molecule has 1 aromatic carbocycles. The number of carbonyl (C=O) groups excluding carboxylic acids is 1. The van der Waals surface area contributed by atoms with Gasteiger partial charge in [0.2, 0.25) is 5.75 Å². The van der Waals surface area contributed by atoms with Gasteiger partial charge in [-0.05, 0) is 37.2 Å². The number of rotatable bonds is 7. The molecule has 8 nitrogen and oxygen atoms in total. The van der Waals surface area contributed by atoms with E-state index in [9.17, 15) is 4.79 Å².